The number of benzene rings is 1. The molecule has 0 saturated heterocycles. The van der Waals surface area contributed by atoms with Gasteiger partial charge in [-0.25, -0.2) is 0 Å². The summed E-state index contributed by atoms with van der Waals surface area (Å²) in [5, 5.41) is 3.35. The number of hydrogen-bond donors (Lipinski definition) is 1. The Balaban J connectivity index is 1.36. The van der Waals surface area contributed by atoms with E-state index in [-0.39, 0.29) is 23.3 Å². The van der Waals surface area contributed by atoms with Crippen LogP contribution in [0.25, 0.3) is 0 Å². The maximum atomic E-state index is 13.0. The summed E-state index contributed by atoms with van der Waals surface area (Å²) < 4.78 is 0. The minimum Gasteiger partial charge on any atom is -0.347 e. The Bertz CT molecular complexity index is 824. The van der Waals surface area contributed by atoms with Gasteiger partial charge >= 0.3 is 0 Å². The standard InChI is InChI=1S/C23H28N2O3/c1-2-3-6-25-21(27)18-5-4-17(10-19(18)22(25)28)20(26)24-23-11-14-7-15(12-23)9-16(8-14)13-23/h4-5,10,14-16H,2-3,6-9,11-13H2,1H3,(H,24,26). The first-order valence-corrected chi connectivity index (χ1v) is 10.8. The number of carbonyl (C=O) groups is 3. The molecule has 1 N–H and O–H groups in total. The maximum Gasteiger partial charge on any atom is 0.261 e. The van der Waals surface area contributed by atoms with E-state index in [1.165, 1.54) is 24.2 Å². The second-order valence-corrected chi connectivity index (χ2v) is 9.53. The highest BCUT2D eigenvalue weighted by Crippen LogP contribution is 2.55. The van der Waals surface area contributed by atoms with Crippen LogP contribution < -0.4 is 5.32 Å². The van der Waals surface area contributed by atoms with Crippen LogP contribution in [-0.4, -0.2) is 34.7 Å². The van der Waals surface area contributed by atoms with Crippen molar-refractivity contribution in [1.29, 1.82) is 0 Å². The van der Waals surface area contributed by atoms with Crippen molar-refractivity contribution in [3.05, 3.63) is 34.9 Å². The summed E-state index contributed by atoms with van der Waals surface area (Å²) >= 11 is 0. The molecule has 1 aliphatic heterocycles. The molecular formula is C23H28N2O3. The summed E-state index contributed by atoms with van der Waals surface area (Å²) in [4.78, 5) is 39.5. The molecule has 5 nitrogen and oxygen atoms in total. The molecule has 1 aromatic carbocycles. The smallest absolute Gasteiger partial charge is 0.261 e. The average molecular weight is 380 g/mol. The Morgan fingerprint density at radius 2 is 1.64 bits per heavy atom. The summed E-state index contributed by atoms with van der Waals surface area (Å²) in [6.45, 7) is 2.47. The van der Waals surface area contributed by atoms with Gasteiger partial charge in [0.2, 0.25) is 0 Å². The van der Waals surface area contributed by atoms with Crippen LogP contribution in [0.4, 0.5) is 0 Å². The number of rotatable bonds is 5. The van der Waals surface area contributed by atoms with E-state index in [0.29, 0.717) is 23.2 Å². The van der Waals surface area contributed by atoms with Gasteiger partial charge in [-0.2, -0.15) is 0 Å². The van der Waals surface area contributed by atoms with Crippen molar-refractivity contribution in [2.75, 3.05) is 6.54 Å². The van der Waals surface area contributed by atoms with E-state index in [4.69, 9.17) is 0 Å². The molecule has 4 fully saturated rings. The first-order chi connectivity index (χ1) is 13.5. The van der Waals surface area contributed by atoms with Crippen molar-refractivity contribution < 1.29 is 14.4 Å². The molecule has 0 radical (unpaired) electrons. The fourth-order valence-corrected chi connectivity index (χ4v) is 6.53. The molecule has 0 unspecified atom stereocenters. The van der Waals surface area contributed by atoms with Crippen LogP contribution in [0.2, 0.25) is 0 Å². The molecule has 0 aromatic heterocycles. The van der Waals surface area contributed by atoms with Gasteiger partial charge in [0.25, 0.3) is 17.7 Å². The normalized spacial score (nSPS) is 32.8. The summed E-state index contributed by atoms with van der Waals surface area (Å²) in [7, 11) is 0. The zero-order valence-electron chi connectivity index (χ0n) is 16.5. The second kappa shape index (κ2) is 6.43. The third-order valence-corrected chi connectivity index (χ3v) is 7.39. The molecule has 1 aromatic rings. The molecule has 0 spiro atoms. The van der Waals surface area contributed by atoms with E-state index in [2.05, 4.69) is 5.32 Å². The molecule has 3 amide bonds. The van der Waals surface area contributed by atoms with Crippen LogP contribution in [0.5, 0.6) is 0 Å². The molecule has 28 heavy (non-hydrogen) atoms. The Morgan fingerprint density at radius 1 is 1.04 bits per heavy atom. The lowest BCUT2D eigenvalue weighted by Gasteiger charge is -2.56. The Kier molecular flexibility index (Phi) is 4.11. The van der Waals surface area contributed by atoms with E-state index < -0.39 is 0 Å². The molecule has 148 valence electrons. The number of nitrogens with zero attached hydrogens (tertiary/aromatic N) is 1. The highest BCUT2D eigenvalue weighted by atomic mass is 16.2. The number of nitrogens with one attached hydrogen (secondary N) is 1. The highest BCUT2D eigenvalue weighted by Gasteiger charge is 2.51. The van der Waals surface area contributed by atoms with Gasteiger partial charge in [-0.05, 0) is 80.9 Å². The van der Waals surface area contributed by atoms with Gasteiger partial charge in [0.1, 0.15) is 0 Å². The summed E-state index contributed by atoms with van der Waals surface area (Å²) in [5.41, 5.74) is 1.23. The summed E-state index contributed by atoms with van der Waals surface area (Å²) in [6, 6.07) is 4.97. The van der Waals surface area contributed by atoms with Crippen molar-refractivity contribution in [3.8, 4) is 0 Å². The van der Waals surface area contributed by atoms with Crippen LogP contribution in [0.3, 0.4) is 0 Å². The first-order valence-electron chi connectivity index (χ1n) is 10.8. The molecule has 4 aliphatic carbocycles. The number of fused-ring (bicyclic) bond motifs is 1. The predicted octanol–water partition coefficient (Wildman–Crippen LogP) is 3.78. The lowest BCUT2D eigenvalue weighted by Crippen LogP contribution is -2.59. The van der Waals surface area contributed by atoms with Crippen molar-refractivity contribution >= 4 is 17.7 Å². The lowest BCUT2D eigenvalue weighted by molar-refractivity contribution is -0.0167. The Morgan fingerprint density at radius 3 is 2.25 bits per heavy atom. The van der Waals surface area contributed by atoms with Crippen molar-refractivity contribution in [2.24, 2.45) is 17.8 Å². The van der Waals surface area contributed by atoms with Gasteiger partial charge in [-0.3, -0.25) is 19.3 Å². The van der Waals surface area contributed by atoms with Crippen LogP contribution in [0.1, 0.15) is 89.4 Å². The van der Waals surface area contributed by atoms with Gasteiger partial charge in [-0.15, -0.1) is 0 Å². The Labute approximate surface area is 165 Å². The zero-order valence-corrected chi connectivity index (χ0v) is 16.5. The molecule has 4 bridgehead atoms. The van der Waals surface area contributed by atoms with Gasteiger partial charge in [0, 0.05) is 17.6 Å². The second-order valence-electron chi connectivity index (χ2n) is 9.53. The topological polar surface area (TPSA) is 66.5 Å². The van der Waals surface area contributed by atoms with E-state index in [1.54, 1.807) is 18.2 Å². The number of hydrogen-bond acceptors (Lipinski definition) is 3. The first kappa shape index (κ1) is 17.9. The quantitative estimate of drug-likeness (QED) is 0.791. The predicted molar refractivity (Wildman–Crippen MR) is 105 cm³/mol. The van der Waals surface area contributed by atoms with E-state index in [0.717, 1.165) is 49.9 Å². The molecule has 4 saturated carbocycles. The monoisotopic (exact) mass is 380 g/mol. The SMILES string of the molecule is CCCCN1C(=O)c2ccc(C(=O)NC34CC5CC(CC(C5)C3)C4)cc2C1=O. The average Bonchev–Trinajstić information content (AvgIpc) is 2.88. The van der Waals surface area contributed by atoms with Crippen LogP contribution in [0, 0.1) is 17.8 Å². The minimum absolute atomic E-state index is 0.0577. The highest BCUT2D eigenvalue weighted by molar-refractivity contribution is 6.22. The Hall–Kier alpha value is -2.17. The number of carbonyl (C=O) groups excluding carboxylic acids is 3. The molecule has 5 aliphatic rings. The largest absolute Gasteiger partial charge is 0.347 e. The van der Waals surface area contributed by atoms with Gasteiger partial charge in [-0.1, -0.05) is 13.3 Å². The van der Waals surface area contributed by atoms with E-state index in [1.807, 2.05) is 6.92 Å². The maximum absolute atomic E-state index is 13.0. The van der Waals surface area contributed by atoms with E-state index in [9.17, 15) is 14.4 Å². The van der Waals surface area contributed by atoms with Gasteiger partial charge in [0.05, 0.1) is 11.1 Å². The van der Waals surface area contributed by atoms with Gasteiger partial charge in [0.15, 0.2) is 0 Å². The number of imide groups is 1. The fourth-order valence-electron chi connectivity index (χ4n) is 6.53. The number of unbranched alkanes of at least 4 members (excludes halogenated alkanes) is 1. The van der Waals surface area contributed by atoms with Crippen LogP contribution in [0.15, 0.2) is 18.2 Å². The molecule has 6 rings (SSSR count). The molecular weight excluding hydrogens is 352 g/mol. The third-order valence-electron chi connectivity index (χ3n) is 7.39. The van der Waals surface area contributed by atoms with E-state index >= 15 is 0 Å². The third kappa shape index (κ3) is 2.78. The molecule has 1 heterocycles. The van der Waals surface area contributed by atoms with Crippen molar-refractivity contribution in [1.82, 2.24) is 10.2 Å². The number of amides is 3. The lowest BCUT2D eigenvalue weighted by atomic mass is 9.53. The summed E-state index contributed by atoms with van der Waals surface area (Å²) in [6.07, 6.45) is 9.00. The molecule has 5 heteroatoms. The van der Waals surface area contributed by atoms with Crippen molar-refractivity contribution in [3.63, 3.8) is 0 Å². The zero-order chi connectivity index (χ0) is 19.5. The molecule has 0 atom stereocenters. The minimum atomic E-state index is -0.266. The van der Waals surface area contributed by atoms with Gasteiger partial charge < -0.3 is 5.32 Å². The van der Waals surface area contributed by atoms with Crippen molar-refractivity contribution in [2.45, 2.75) is 63.8 Å². The summed E-state index contributed by atoms with van der Waals surface area (Å²) in [5.74, 6) is 1.69. The van der Waals surface area contributed by atoms with Crippen LogP contribution in [-0.2, 0) is 0 Å². The fraction of sp³-hybridized carbons (Fsp3) is 0.609. The van der Waals surface area contributed by atoms with Crippen LogP contribution >= 0.6 is 0 Å².